The summed E-state index contributed by atoms with van der Waals surface area (Å²) in [5.41, 5.74) is 0.953. The fourth-order valence-corrected chi connectivity index (χ4v) is 3.35. The summed E-state index contributed by atoms with van der Waals surface area (Å²) in [6.45, 7) is 4.86. The van der Waals surface area contributed by atoms with Crippen molar-refractivity contribution in [2.75, 3.05) is 11.9 Å². The molecule has 0 bridgehead atoms. The van der Waals surface area contributed by atoms with Gasteiger partial charge in [0.05, 0.1) is 12.2 Å². The van der Waals surface area contributed by atoms with Gasteiger partial charge in [-0.15, -0.1) is 11.3 Å². The number of rotatable bonds is 7. The Kier molecular flexibility index (Phi) is 4.72. The Hall–Kier alpha value is -1.80. The molecule has 0 aromatic carbocycles. The van der Waals surface area contributed by atoms with Crippen LogP contribution in [0.4, 0.5) is 5.13 Å². The lowest BCUT2D eigenvalue weighted by Crippen LogP contribution is -2.30. The van der Waals surface area contributed by atoms with Crippen LogP contribution in [0.2, 0.25) is 0 Å². The number of amides is 1. The summed E-state index contributed by atoms with van der Waals surface area (Å²) in [5.74, 6) is 1.41. The lowest BCUT2D eigenvalue weighted by atomic mass is 10.4. The number of anilines is 1. The van der Waals surface area contributed by atoms with E-state index in [1.807, 2.05) is 24.3 Å². The van der Waals surface area contributed by atoms with Crippen molar-refractivity contribution in [3.8, 4) is 0 Å². The molecule has 23 heavy (non-hydrogen) atoms. The zero-order chi connectivity index (χ0) is 16.4. The Morgan fingerprint density at radius 1 is 1.39 bits per heavy atom. The quantitative estimate of drug-likeness (QED) is 0.772. The monoisotopic (exact) mass is 335 g/mol. The Balaban J connectivity index is 1.60. The minimum absolute atomic E-state index is 0.0692. The number of aryl methyl sites for hydroxylation is 1. The highest BCUT2D eigenvalue weighted by molar-refractivity contribution is 7.14. The highest BCUT2D eigenvalue weighted by Gasteiger charge is 2.33. The van der Waals surface area contributed by atoms with Crippen molar-refractivity contribution in [3.63, 3.8) is 0 Å². The van der Waals surface area contributed by atoms with Crippen LogP contribution in [-0.4, -0.2) is 39.0 Å². The summed E-state index contributed by atoms with van der Waals surface area (Å²) in [5, 5.41) is 6.71. The van der Waals surface area contributed by atoms with Gasteiger partial charge in [0.25, 0.3) is 0 Å². The molecular formula is C15H21N5O2S. The normalized spacial score (nSPS) is 14.4. The predicted molar refractivity (Wildman–Crippen MR) is 87.1 cm³/mol. The maximum Gasteiger partial charge on any atom is 0.240 e. The van der Waals surface area contributed by atoms with Crippen LogP contribution >= 0.6 is 11.3 Å². The Labute approximate surface area is 139 Å². The Morgan fingerprint density at radius 2 is 2.17 bits per heavy atom. The number of hydrogen-bond donors (Lipinski definition) is 0. The van der Waals surface area contributed by atoms with Crippen LogP contribution in [0.25, 0.3) is 0 Å². The van der Waals surface area contributed by atoms with Crippen LogP contribution in [0.3, 0.4) is 0 Å². The van der Waals surface area contributed by atoms with Gasteiger partial charge in [-0.25, -0.2) is 4.98 Å². The average Bonchev–Trinajstić information content (AvgIpc) is 3.04. The molecule has 1 fully saturated rings. The summed E-state index contributed by atoms with van der Waals surface area (Å²) in [6.07, 6.45) is 2.92. The molecule has 2 aromatic rings. The molecule has 0 unspecified atom stereocenters. The lowest BCUT2D eigenvalue weighted by Gasteiger charge is -2.17. The maximum atomic E-state index is 11.8. The topological polar surface area (TPSA) is 75.4 Å². The second-order valence-corrected chi connectivity index (χ2v) is 6.71. The molecule has 124 valence electrons. The highest BCUT2D eigenvalue weighted by atomic mass is 32.1. The fourth-order valence-electron chi connectivity index (χ4n) is 2.42. The smallest absolute Gasteiger partial charge is 0.240 e. The zero-order valence-corrected chi connectivity index (χ0v) is 14.5. The summed E-state index contributed by atoms with van der Waals surface area (Å²) >= 11 is 1.53. The van der Waals surface area contributed by atoms with E-state index in [-0.39, 0.29) is 5.91 Å². The SMILES string of the molecule is CCc1noc(CN(C)Cc2csc(N(C(C)=O)C3CC3)n2)n1. The molecule has 2 heterocycles. The van der Waals surface area contributed by atoms with E-state index in [4.69, 9.17) is 4.52 Å². The van der Waals surface area contributed by atoms with E-state index in [2.05, 4.69) is 20.0 Å². The first kappa shape index (κ1) is 16.1. The first-order valence-electron chi connectivity index (χ1n) is 7.81. The largest absolute Gasteiger partial charge is 0.338 e. The fraction of sp³-hybridized carbons (Fsp3) is 0.600. The second-order valence-electron chi connectivity index (χ2n) is 5.87. The highest BCUT2D eigenvalue weighted by Crippen LogP contribution is 2.33. The van der Waals surface area contributed by atoms with Crippen molar-refractivity contribution in [3.05, 3.63) is 22.8 Å². The standard InChI is InChI=1S/C15H21N5O2S/c1-4-13-17-14(22-18-13)8-19(3)7-11-9-23-15(16-11)20(10(2)21)12-5-6-12/h9,12H,4-8H2,1-3H3. The van der Waals surface area contributed by atoms with E-state index in [1.165, 1.54) is 11.3 Å². The maximum absolute atomic E-state index is 11.8. The van der Waals surface area contributed by atoms with Crippen molar-refractivity contribution in [1.29, 1.82) is 0 Å². The summed E-state index contributed by atoms with van der Waals surface area (Å²) in [6, 6.07) is 0.343. The van der Waals surface area contributed by atoms with Gasteiger partial charge in [0.15, 0.2) is 11.0 Å². The molecule has 0 radical (unpaired) electrons. The predicted octanol–water partition coefficient (Wildman–Crippen LogP) is 2.24. The number of carbonyl (C=O) groups excluding carboxylic acids is 1. The molecule has 8 heteroatoms. The molecule has 1 saturated carbocycles. The number of hydrogen-bond acceptors (Lipinski definition) is 7. The van der Waals surface area contributed by atoms with E-state index in [0.717, 1.165) is 35.9 Å². The molecule has 0 saturated heterocycles. The molecule has 0 N–H and O–H groups in total. The van der Waals surface area contributed by atoms with Crippen molar-refractivity contribution in [2.24, 2.45) is 0 Å². The molecule has 1 aliphatic rings. The summed E-state index contributed by atoms with van der Waals surface area (Å²) in [4.78, 5) is 24.6. The van der Waals surface area contributed by atoms with Crippen molar-refractivity contribution < 1.29 is 9.32 Å². The van der Waals surface area contributed by atoms with Crippen LogP contribution in [-0.2, 0) is 24.3 Å². The van der Waals surface area contributed by atoms with E-state index in [1.54, 1.807) is 6.92 Å². The Morgan fingerprint density at radius 3 is 2.78 bits per heavy atom. The molecule has 0 atom stereocenters. The third-order valence-electron chi connectivity index (χ3n) is 3.66. The third kappa shape index (κ3) is 3.94. The number of aromatic nitrogens is 3. The van der Waals surface area contributed by atoms with Gasteiger partial charge in [0, 0.05) is 31.3 Å². The van der Waals surface area contributed by atoms with Crippen LogP contribution < -0.4 is 4.90 Å². The van der Waals surface area contributed by atoms with Gasteiger partial charge in [-0.1, -0.05) is 12.1 Å². The van der Waals surface area contributed by atoms with Gasteiger partial charge in [0.2, 0.25) is 11.8 Å². The van der Waals surface area contributed by atoms with Crippen molar-refractivity contribution >= 4 is 22.4 Å². The van der Waals surface area contributed by atoms with Gasteiger partial charge in [-0.3, -0.25) is 14.6 Å². The van der Waals surface area contributed by atoms with Gasteiger partial charge >= 0.3 is 0 Å². The molecule has 0 spiro atoms. The van der Waals surface area contributed by atoms with Crippen molar-refractivity contribution in [1.82, 2.24) is 20.0 Å². The summed E-state index contributed by atoms with van der Waals surface area (Å²) < 4.78 is 5.21. The molecule has 2 aromatic heterocycles. The zero-order valence-electron chi connectivity index (χ0n) is 13.7. The van der Waals surface area contributed by atoms with Gasteiger partial charge in [-0.05, 0) is 19.9 Å². The van der Waals surface area contributed by atoms with E-state index in [0.29, 0.717) is 25.0 Å². The minimum atomic E-state index is 0.0692. The number of carbonyl (C=O) groups is 1. The molecule has 1 aliphatic carbocycles. The van der Waals surface area contributed by atoms with E-state index < -0.39 is 0 Å². The third-order valence-corrected chi connectivity index (χ3v) is 4.55. The van der Waals surface area contributed by atoms with Crippen LogP contribution in [0.5, 0.6) is 0 Å². The second kappa shape index (κ2) is 6.76. The molecule has 7 nitrogen and oxygen atoms in total. The first-order chi connectivity index (χ1) is 11.1. The number of thiazole rings is 1. The van der Waals surface area contributed by atoms with Crippen LogP contribution in [0, 0.1) is 0 Å². The van der Waals surface area contributed by atoms with Crippen LogP contribution in [0.15, 0.2) is 9.90 Å². The van der Waals surface area contributed by atoms with Gasteiger partial charge in [-0.2, -0.15) is 4.98 Å². The van der Waals surface area contributed by atoms with Gasteiger partial charge < -0.3 is 4.52 Å². The average molecular weight is 335 g/mol. The number of nitrogens with zero attached hydrogens (tertiary/aromatic N) is 5. The van der Waals surface area contributed by atoms with Crippen molar-refractivity contribution in [2.45, 2.75) is 52.2 Å². The first-order valence-corrected chi connectivity index (χ1v) is 8.69. The van der Waals surface area contributed by atoms with E-state index >= 15 is 0 Å². The van der Waals surface area contributed by atoms with Gasteiger partial charge in [0.1, 0.15) is 0 Å². The van der Waals surface area contributed by atoms with E-state index in [9.17, 15) is 4.79 Å². The summed E-state index contributed by atoms with van der Waals surface area (Å²) in [7, 11) is 1.98. The minimum Gasteiger partial charge on any atom is -0.338 e. The van der Waals surface area contributed by atoms with Crippen LogP contribution in [0.1, 0.15) is 44.1 Å². The molecular weight excluding hydrogens is 314 g/mol. The molecule has 3 rings (SSSR count). The molecule has 0 aliphatic heterocycles. The molecule has 1 amide bonds. The lowest BCUT2D eigenvalue weighted by molar-refractivity contribution is -0.116. The Bertz CT molecular complexity index is 679.